The van der Waals surface area contributed by atoms with Gasteiger partial charge in [0.15, 0.2) is 0 Å². The predicted octanol–water partition coefficient (Wildman–Crippen LogP) is 2.77. The number of hydrogen-bond donors (Lipinski definition) is 1. The molecule has 3 unspecified atom stereocenters. The first-order valence-corrected chi connectivity index (χ1v) is 7.38. The van der Waals surface area contributed by atoms with Gasteiger partial charge in [-0.05, 0) is 50.6 Å². The van der Waals surface area contributed by atoms with Crippen LogP contribution in [-0.2, 0) is 13.5 Å². The van der Waals surface area contributed by atoms with Gasteiger partial charge in [-0.15, -0.1) is 0 Å². The molecule has 0 aliphatic heterocycles. The van der Waals surface area contributed by atoms with E-state index in [0.29, 0.717) is 6.04 Å². The standard InChI is InChI=1S/C15H27N3/c1-4-12-5-6-13(11-12)15(16-2)8-7-14-9-10-17-18(14)3/h9-10,12-13,15-16H,4-8,11H2,1-3H3. The molecule has 1 aromatic heterocycles. The van der Waals surface area contributed by atoms with E-state index in [0.717, 1.165) is 18.3 Å². The molecule has 0 spiro atoms. The van der Waals surface area contributed by atoms with Gasteiger partial charge < -0.3 is 5.32 Å². The Labute approximate surface area is 111 Å². The molecule has 0 bridgehead atoms. The first-order chi connectivity index (χ1) is 8.74. The van der Waals surface area contributed by atoms with Crippen LogP contribution in [-0.4, -0.2) is 22.9 Å². The third-order valence-corrected chi connectivity index (χ3v) is 4.73. The minimum atomic E-state index is 0.677. The molecule has 1 heterocycles. The molecule has 0 aromatic carbocycles. The number of aryl methyl sites for hydroxylation is 2. The van der Waals surface area contributed by atoms with E-state index in [1.54, 1.807) is 0 Å². The van der Waals surface area contributed by atoms with E-state index in [1.165, 1.54) is 37.8 Å². The van der Waals surface area contributed by atoms with E-state index >= 15 is 0 Å². The van der Waals surface area contributed by atoms with E-state index in [4.69, 9.17) is 0 Å². The molecule has 1 aromatic rings. The van der Waals surface area contributed by atoms with Gasteiger partial charge in [-0.2, -0.15) is 5.10 Å². The highest BCUT2D eigenvalue weighted by molar-refractivity contribution is 5.01. The van der Waals surface area contributed by atoms with Crippen LogP contribution in [0.25, 0.3) is 0 Å². The van der Waals surface area contributed by atoms with E-state index < -0.39 is 0 Å². The molecule has 1 aliphatic carbocycles. The van der Waals surface area contributed by atoms with Crippen LogP contribution in [0.15, 0.2) is 12.3 Å². The lowest BCUT2D eigenvalue weighted by molar-refractivity contribution is 0.344. The second-order valence-corrected chi connectivity index (χ2v) is 5.73. The zero-order valence-electron chi connectivity index (χ0n) is 12.0. The van der Waals surface area contributed by atoms with E-state index in [2.05, 4.69) is 30.5 Å². The highest BCUT2D eigenvalue weighted by Gasteiger charge is 2.28. The summed E-state index contributed by atoms with van der Waals surface area (Å²) in [6.45, 7) is 2.33. The Hall–Kier alpha value is -0.830. The number of hydrogen-bond acceptors (Lipinski definition) is 2. The minimum Gasteiger partial charge on any atom is -0.317 e. The van der Waals surface area contributed by atoms with E-state index in [-0.39, 0.29) is 0 Å². The summed E-state index contributed by atoms with van der Waals surface area (Å²) in [5, 5.41) is 7.78. The molecule has 2 rings (SSSR count). The maximum atomic E-state index is 4.24. The third kappa shape index (κ3) is 3.14. The molecule has 1 fully saturated rings. The summed E-state index contributed by atoms with van der Waals surface area (Å²) in [7, 11) is 4.15. The van der Waals surface area contributed by atoms with E-state index in [9.17, 15) is 0 Å². The summed E-state index contributed by atoms with van der Waals surface area (Å²) in [6.07, 6.45) is 9.89. The summed E-state index contributed by atoms with van der Waals surface area (Å²) < 4.78 is 2.00. The van der Waals surface area contributed by atoms with Gasteiger partial charge in [0.05, 0.1) is 0 Å². The van der Waals surface area contributed by atoms with Crippen LogP contribution in [0.3, 0.4) is 0 Å². The van der Waals surface area contributed by atoms with E-state index in [1.807, 2.05) is 17.9 Å². The van der Waals surface area contributed by atoms with Crippen molar-refractivity contribution in [2.75, 3.05) is 7.05 Å². The predicted molar refractivity (Wildman–Crippen MR) is 75.5 cm³/mol. The van der Waals surface area contributed by atoms with Gasteiger partial charge in [-0.3, -0.25) is 4.68 Å². The van der Waals surface area contributed by atoms with Crippen LogP contribution in [0, 0.1) is 11.8 Å². The molecule has 1 N–H and O–H groups in total. The van der Waals surface area contributed by atoms with Crippen molar-refractivity contribution >= 4 is 0 Å². The maximum Gasteiger partial charge on any atom is 0.0492 e. The Morgan fingerprint density at radius 3 is 2.89 bits per heavy atom. The molecule has 0 amide bonds. The molecule has 1 saturated carbocycles. The minimum absolute atomic E-state index is 0.677. The van der Waals surface area contributed by atoms with Crippen molar-refractivity contribution < 1.29 is 0 Å². The van der Waals surface area contributed by atoms with Crippen LogP contribution in [0.5, 0.6) is 0 Å². The molecule has 3 atom stereocenters. The highest BCUT2D eigenvalue weighted by Crippen LogP contribution is 2.35. The van der Waals surface area contributed by atoms with Crippen LogP contribution in [0.4, 0.5) is 0 Å². The molecule has 102 valence electrons. The zero-order valence-corrected chi connectivity index (χ0v) is 12.0. The van der Waals surface area contributed by atoms with Gasteiger partial charge in [-0.1, -0.05) is 19.8 Å². The lowest BCUT2D eigenvalue weighted by Gasteiger charge is -2.23. The molecule has 18 heavy (non-hydrogen) atoms. The Morgan fingerprint density at radius 1 is 1.50 bits per heavy atom. The summed E-state index contributed by atoms with van der Waals surface area (Å²) in [6, 6.07) is 2.81. The van der Waals surface area contributed by atoms with Crippen molar-refractivity contribution in [3.63, 3.8) is 0 Å². The molecule has 1 aliphatic rings. The van der Waals surface area contributed by atoms with Gasteiger partial charge in [0, 0.05) is 25.0 Å². The largest absolute Gasteiger partial charge is 0.317 e. The van der Waals surface area contributed by atoms with Crippen molar-refractivity contribution in [1.29, 1.82) is 0 Å². The monoisotopic (exact) mass is 249 g/mol. The maximum absolute atomic E-state index is 4.24. The van der Waals surface area contributed by atoms with Gasteiger partial charge in [0.1, 0.15) is 0 Å². The zero-order chi connectivity index (χ0) is 13.0. The molecule has 0 radical (unpaired) electrons. The Kier molecular flexibility index (Phi) is 4.81. The lowest BCUT2D eigenvalue weighted by atomic mass is 9.92. The summed E-state index contributed by atoms with van der Waals surface area (Å²) in [5.41, 5.74) is 1.35. The molecular weight excluding hydrogens is 222 g/mol. The third-order valence-electron chi connectivity index (χ3n) is 4.73. The average molecular weight is 249 g/mol. The second kappa shape index (κ2) is 6.37. The van der Waals surface area contributed by atoms with Gasteiger partial charge in [0.2, 0.25) is 0 Å². The summed E-state index contributed by atoms with van der Waals surface area (Å²) in [5.74, 6) is 1.86. The lowest BCUT2D eigenvalue weighted by Crippen LogP contribution is -2.33. The smallest absolute Gasteiger partial charge is 0.0492 e. The van der Waals surface area contributed by atoms with Crippen LogP contribution < -0.4 is 5.32 Å². The van der Waals surface area contributed by atoms with Gasteiger partial charge in [0.25, 0.3) is 0 Å². The average Bonchev–Trinajstić information content (AvgIpc) is 3.00. The van der Waals surface area contributed by atoms with Crippen molar-refractivity contribution in [1.82, 2.24) is 15.1 Å². The fraction of sp³-hybridized carbons (Fsp3) is 0.800. The number of nitrogens with zero attached hydrogens (tertiary/aromatic N) is 2. The van der Waals surface area contributed by atoms with Crippen molar-refractivity contribution in [2.24, 2.45) is 18.9 Å². The Bertz CT molecular complexity index is 358. The Balaban J connectivity index is 1.84. The Morgan fingerprint density at radius 2 is 2.33 bits per heavy atom. The highest BCUT2D eigenvalue weighted by atomic mass is 15.2. The summed E-state index contributed by atoms with van der Waals surface area (Å²) in [4.78, 5) is 0. The normalized spacial score (nSPS) is 25.5. The van der Waals surface area contributed by atoms with Crippen molar-refractivity contribution in [3.8, 4) is 0 Å². The topological polar surface area (TPSA) is 29.9 Å². The molecular formula is C15H27N3. The van der Waals surface area contributed by atoms with Gasteiger partial charge >= 0.3 is 0 Å². The summed E-state index contributed by atoms with van der Waals surface area (Å²) >= 11 is 0. The molecule has 3 nitrogen and oxygen atoms in total. The number of rotatable bonds is 6. The van der Waals surface area contributed by atoms with Crippen LogP contribution in [0.1, 0.15) is 44.7 Å². The first-order valence-electron chi connectivity index (χ1n) is 7.38. The quantitative estimate of drug-likeness (QED) is 0.840. The molecule has 0 saturated heterocycles. The first kappa shape index (κ1) is 13.6. The fourth-order valence-electron chi connectivity index (χ4n) is 3.42. The second-order valence-electron chi connectivity index (χ2n) is 5.73. The van der Waals surface area contributed by atoms with Crippen LogP contribution in [0.2, 0.25) is 0 Å². The number of aromatic nitrogens is 2. The number of nitrogens with one attached hydrogen (secondary N) is 1. The van der Waals surface area contributed by atoms with Gasteiger partial charge in [-0.25, -0.2) is 0 Å². The fourth-order valence-corrected chi connectivity index (χ4v) is 3.42. The van der Waals surface area contributed by atoms with Crippen molar-refractivity contribution in [3.05, 3.63) is 18.0 Å². The SMILES string of the molecule is CCC1CCC(C(CCc2ccnn2C)NC)C1. The van der Waals surface area contributed by atoms with Crippen molar-refractivity contribution in [2.45, 2.75) is 51.5 Å². The molecule has 3 heteroatoms. The van der Waals surface area contributed by atoms with Crippen LogP contribution >= 0.6 is 0 Å².